The minimum absolute atomic E-state index is 0.111. The van der Waals surface area contributed by atoms with E-state index in [4.69, 9.17) is 0 Å². The van der Waals surface area contributed by atoms with Crippen LogP contribution in [0.3, 0.4) is 0 Å². The molecule has 2 aromatic carbocycles. The van der Waals surface area contributed by atoms with Crippen molar-refractivity contribution < 1.29 is 13.6 Å². The van der Waals surface area contributed by atoms with Crippen LogP contribution in [0.2, 0.25) is 0 Å². The molecule has 0 saturated carbocycles. The molecule has 8 heteroatoms. The van der Waals surface area contributed by atoms with E-state index in [0.29, 0.717) is 20.7 Å². The Balaban J connectivity index is 1.64. The first-order chi connectivity index (χ1) is 12.0. The fourth-order valence-electron chi connectivity index (χ4n) is 2.05. The minimum atomic E-state index is -0.388. The first-order valence-corrected chi connectivity index (χ1v) is 9.03. The molecule has 25 heavy (non-hydrogen) atoms. The highest BCUT2D eigenvalue weighted by Gasteiger charge is 2.19. The molecule has 0 aliphatic carbocycles. The second-order valence-corrected chi connectivity index (χ2v) is 7.71. The molecule has 3 aromatic rings. The predicted octanol–water partition coefficient (Wildman–Crippen LogP) is 4.92. The van der Waals surface area contributed by atoms with E-state index in [-0.39, 0.29) is 22.7 Å². The molecule has 128 valence electrons. The first kappa shape index (κ1) is 17.5. The molecule has 0 amide bonds. The van der Waals surface area contributed by atoms with Crippen LogP contribution in [0.15, 0.2) is 52.9 Å². The van der Waals surface area contributed by atoms with Gasteiger partial charge in [-0.3, -0.25) is 4.79 Å². The standard InChI is InChI=1S/C17H13F2N3OS2/c1-10(15(23)11-5-7-12(18)8-6-11)24-17-22-21-16(25-17)20-14-4-2-3-13(19)9-14/h2-10H,1H3,(H,20,21). The summed E-state index contributed by atoms with van der Waals surface area (Å²) in [7, 11) is 0. The molecular weight excluding hydrogens is 364 g/mol. The van der Waals surface area contributed by atoms with Gasteiger partial charge in [0.15, 0.2) is 10.1 Å². The number of hydrogen-bond acceptors (Lipinski definition) is 6. The van der Waals surface area contributed by atoms with E-state index in [1.807, 2.05) is 0 Å². The van der Waals surface area contributed by atoms with Crippen LogP contribution < -0.4 is 5.32 Å². The van der Waals surface area contributed by atoms with Gasteiger partial charge in [0.25, 0.3) is 0 Å². The zero-order valence-electron chi connectivity index (χ0n) is 13.1. The second kappa shape index (κ2) is 7.71. The van der Waals surface area contributed by atoms with E-state index in [9.17, 15) is 13.6 Å². The highest BCUT2D eigenvalue weighted by Crippen LogP contribution is 2.31. The van der Waals surface area contributed by atoms with Gasteiger partial charge >= 0.3 is 0 Å². The minimum Gasteiger partial charge on any atom is -0.330 e. The van der Waals surface area contributed by atoms with E-state index in [1.54, 1.807) is 19.1 Å². The molecule has 1 atom stereocenters. The quantitative estimate of drug-likeness (QED) is 0.488. The summed E-state index contributed by atoms with van der Waals surface area (Å²) in [6.45, 7) is 1.76. The molecular formula is C17H13F2N3OS2. The Morgan fingerprint density at radius 1 is 1.12 bits per heavy atom. The SMILES string of the molecule is CC(Sc1nnc(Nc2cccc(F)c2)s1)C(=O)c1ccc(F)cc1. The van der Waals surface area contributed by atoms with Gasteiger partial charge in [-0.05, 0) is 49.4 Å². The zero-order valence-corrected chi connectivity index (χ0v) is 14.7. The van der Waals surface area contributed by atoms with Gasteiger partial charge in [0, 0.05) is 11.3 Å². The Morgan fingerprint density at radius 3 is 2.60 bits per heavy atom. The molecule has 0 fully saturated rings. The number of anilines is 2. The Kier molecular flexibility index (Phi) is 5.40. The van der Waals surface area contributed by atoms with E-state index < -0.39 is 0 Å². The van der Waals surface area contributed by atoms with Gasteiger partial charge in [-0.1, -0.05) is 29.2 Å². The Bertz CT molecular complexity index is 884. The zero-order chi connectivity index (χ0) is 17.8. The highest BCUT2D eigenvalue weighted by molar-refractivity contribution is 8.02. The smallest absolute Gasteiger partial charge is 0.210 e. The van der Waals surface area contributed by atoms with Crippen LogP contribution >= 0.6 is 23.1 Å². The van der Waals surface area contributed by atoms with Crippen molar-refractivity contribution in [1.82, 2.24) is 10.2 Å². The number of nitrogens with one attached hydrogen (secondary N) is 1. The van der Waals surface area contributed by atoms with Crippen LogP contribution in [0.5, 0.6) is 0 Å². The lowest BCUT2D eigenvalue weighted by Gasteiger charge is -2.07. The average molecular weight is 377 g/mol. The van der Waals surface area contributed by atoms with Gasteiger partial charge in [0.1, 0.15) is 11.6 Å². The molecule has 0 bridgehead atoms. The van der Waals surface area contributed by atoms with Crippen LogP contribution in [-0.2, 0) is 0 Å². The van der Waals surface area contributed by atoms with Crippen LogP contribution in [0.25, 0.3) is 0 Å². The fourth-order valence-corrected chi connectivity index (χ4v) is 4.04. The van der Waals surface area contributed by atoms with E-state index in [1.165, 1.54) is 59.5 Å². The summed E-state index contributed by atoms with van der Waals surface area (Å²) in [6.07, 6.45) is 0. The number of carbonyl (C=O) groups excluding carboxylic acids is 1. The third-order valence-electron chi connectivity index (χ3n) is 3.26. The maximum absolute atomic E-state index is 13.2. The largest absolute Gasteiger partial charge is 0.330 e. The molecule has 4 nitrogen and oxygen atoms in total. The van der Waals surface area contributed by atoms with Gasteiger partial charge in [-0.15, -0.1) is 10.2 Å². The van der Waals surface area contributed by atoms with Crippen LogP contribution in [0.1, 0.15) is 17.3 Å². The van der Waals surface area contributed by atoms with Crippen molar-refractivity contribution in [3.8, 4) is 0 Å². The van der Waals surface area contributed by atoms with Crippen molar-refractivity contribution in [2.45, 2.75) is 16.5 Å². The van der Waals surface area contributed by atoms with Gasteiger partial charge in [-0.2, -0.15) is 0 Å². The van der Waals surface area contributed by atoms with Crippen molar-refractivity contribution in [3.63, 3.8) is 0 Å². The number of benzene rings is 2. The topological polar surface area (TPSA) is 54.9 Å². The average Bonchev–Trinajstić information content (AvgIpc) is 3.01. The highest BCUT2D eigenvalue weighted by atomic mass is 32.2. The summed E-state index contributed by atoms with van der Waals surface area (Å²) in [5.41, 5.74) is 1.02. The summed E-state index contributed by atoms with van der Waals surface area (Å²) in [5.74, 6) is -0.837. The normalized spacial score (nSPS) is 12.0. The summed E-state index contributed by atoms with van der Waals surface area (Å²) in [4.78, 5) is 12.4. The molecule has 1 aromatic heterocycles. The molecule has 1 heterocycles. The number of carbonyl (C=O) groups is 1. The fraction of sp³-hybridized carbons (Fsp3) is 0.118. The van der Waals surface area contributed by atoms with Crippen molar-refractivity contribution in [3.05, 3.63) is 65.7 Å². The lowest BCUT2D eigenvalue weighted by Crippen LogP contribution is -2.13. The van der Waals surface area contributed by atoms with Crippen LogP contribution in [0.4, 0.5) is 19.6 Å². The number of thioether (sulfide) groups is 1. The van der Waals surface area contributed by atoms with Crippen molar-refractivity contribution >= 4 is 39.7 Å². The molecule has 0 radical (unpaired) electrons. The molecule has 0 aliphatic heterocycles. The van der Waals surface area contributed by atoms with Crippen molar-refractivity contribution in [2.24, 2.45) is 0 Å². The second-order valence-electron chi connectivity index (χ2n) is 5.14. The van der Waals surface area contributed by atoms with E-state index >= 15 is 0 Å². The molecule has 1 unspecified atom stereocenters. The molecule has 0 spiro atoms. The number of halogens is 2. The number of Topliss-reactive ketones (excluding diaryl/α,β-unsaturated/α-hetero) is 1. The third kappa shape index (κ3) is 4.61. The van der Waals surface area contributed by atoms with Crippen LogP contribution in [-0.4, -0.2) is 21.2 Å². The lowest BCUT2D eigenvalue weighted by molar-refractivity contribution is 0.0994. The number of hydrogen-bond donors (Lipinski definition) is 1. The molecule has 3 rings (SSSR count). The summed E-state index contributed by atoms with van der Waals surface area (Å²) in [6, 6.07) is 11.5. The molecule has 0 saturated heterocycles. The summed E-state index contributed by atoms with van der Waals surface area (Å²) in [5, 5.41) is 11.1. The Morgan fingerprint density at radius 2 is 1.88 bits per heavy atom. The van der Waals surface area contributed by atoms with Crippen LogP contribution in [0, 0.1) is 11.6 Å². The molecule has 1 N–H and O–H groups in total. The number of nitrogens with zero attached hydrogens (tertiary/aromatic N) is 2. The van der Waals surface area contributed by atoms with E-state index in [2.05, 4.69) is 15.5 Å². The van der Waals surface area contributed by atoms with Gasteiger partial charge in [0.2, 0.25) is 5.13 Å². The predicted molar refractivity (Wildman–Crippen MR) is 95.6 cm³/mol. The maximum atomic E-state index is 13.2. The molecule has 0 aliphatic rings. The monoisotopic (exact) mass is 377 g/mol. The lowest BCUT2D eigenvalue weighted by atomic mass is 10.1. The van der Waals surface area contributed by atoms with Crippen molar-refractivity contribution in [2.75, 3.05) is 5.32 Å². The van der Waals surface area contributed by atoms with Gasteiger partial charge in [0.05, 0.1) is 5.25 Å². The number of aromatic nitrogens is 2. The van der Waals surface area contributed by atoms with Gasteiger partial charge in [-0.25, -0.2) is 8.78 Å². The van der Waals surface area contributed by atoms with Crippen molar-refractivity contribution in [1.29, 1.82) is 0 Å². The maximum Gasteiger partial charge on any atom is 0.210 e. The van der Waals surface area contributed by atoms with E-state index in [0.717, 1.165) is 0 Å². The summed E-state index contributed by atoms with van der Waals surface area (Å²) >= 11 is 2.54. The Labute approximate surface area is 151 Å². The Hall–Kier alpha value is -2.32. The first-order valence-electron chi connectivity index (χ1n) is 7.34. The third-order valence-corrected chi connectivity index (χ3v) is 5.28. The number of rotatable bonds is 6. The van der Waals surface area contributed by atoms with Gasteiger partial charge < -0.3 is 5.32 Å². The number of ketones is 1. The summed E-state index contributed by atoms with van der Waals surface area (Å²) < 4.78 is 26.7.